The molecule has 0 spiro atoms. The van der Waals surface area contributed by atoms with Crippen LogP contribution in [0.5, 0.6) is 0 Å². The molecule has 1 atom stereocenters. The van der Waals surface area contributed by atoms with E-state index in [0.29, 0.717) is 13.3 Å². The van der Waals surface area contributed by atoms with Crippen molar-refractivity contribution in [1.29, 1.82) is 0 Å². The number of fused-ring (bicyclic) bond motifs is 1. The molecule has 1 N–H and O–H groups in total. The Morgan fingerprint density at radius 3 is 2.96 bits per heavy atom. The zero-order valence-corrected chi connectivity index (χ0v) is 16.6. The molecule has 3 rings (SSSR count). The van der Waals surface area contributed by atoms with Crippen molar-refractivity contribution in [1.82, 2.24) is 9.55 Å². The summed E-state index contributed by atoms with van der Waals surface area (Å²) >= 11 is 8.64. The Morgan fingerprint density at radius 2 is 2.20 bits per heavy atom. The molecule has 25 heavy (non-hydrogen) atoms. The average Bonchev–Trinajstić information content (AvgIpc) is 3.12. The summed E-state index contributed by atoms with van der Waals surface area (Å²) in [7, 11) is 2.11. The molecule has 0 saturated heterocycles. The lowest BCUT2D eigenvalue weighted by Gasteiger charge is -2.15. The number of para-hydroxylation sites is 1. The summed E-state index contributed by atoms with van der Waals surface area (Å²) in [5.74, 6) is -0.215. The summed E-state index contributed by atoms with van der Waals surface area (Å²) in [6, 6.07) is 8.18. The molecule has 3 aromatic rings. The minimum atomic E-state index is -0.215. The number of nitrogens with one attached hydrogen (secondary N) is 1. The molecule has 0 fully saturated rings. The summed E-state index contributed by atoms with van der Waals surface area (Å²) in [6.45, 7) is 3.73. The van der Waals surface area contributed by atoms with Crippen molar-refractivity contribution < 1.29 is 14.4 Å². The lowest BCUT2D eigenvalue weighted by Crippen LogP contribution is -3.06. The first-order valence-electron chi connectivity index (χ1n) is 8.05. The minimum absolute atomic E-state index is 0.215. The molecule has 0 radical (unpaired) electrons. The van der Waals surface area contributed by atoms with Gasteiger partial charge in [0, 0.05) is 11.1 Å². The molecular formula is C17H20N3O2S3+. The van der Waals surface area contributed by atoms with Gasteiger partial charge in [0.25, 0.3) is 0 Å². The highest BCUT2D eigenvalue weighted by molar-refractivity contribution is 7.73. The summed E-state index contributed by atoms with van der Waals surface area (Å²) < 4.78 is 9.06. The molecule has 132 valence electrons. The molecule has 0 bridgehead atoms. The van der Waals surface area contributed by atoms with Gasteiger partial charge in [-0.1, -0.05) is 12.1 Å². The highest BCUT2D eigenvalue weighted by Crippen LogP contribution is 2.20. The van der Waals surface area contributed by atoms with Crippen LogP contribution in [0.4, 0.5) is 0 Å². The Balaban J connectivity index is 1.70. The Morgan fingerprint density at radius 1 is 1.40 bits per heavy atom. The molecule has 2 aromatic heterocycles. The molecule has 1 aromatic carbocycles. The fourth-order valence-electron chi connectivity index (χ4n) is 2.61. The zero-order chi connectivity index (χ0) is 17.8. The number of thiazole rings is 2. The number of rotatable bonds is 7. The van der Waals surface area contributed by atoms with Crippen molar-refractivity contribution >= 4 is 51.1 Å². The van der Waals surface area contributed by atoms with Gasteiger partial charge in [-0.15, -0.1) is 22.7 Å². The van der Waals surface area contributed by atoms with Gasteiger partial charge in [-0.2, -0.15) is 0 Å². The number of carbonyl (C=O) groups excluding carboxylic acids is 1. The Bertz CT molecular complexity index is 896. The second-order valence-electron chi connectivity index (χ2n) is 5.77. The first-order valence-corrected chi connectivity index (χ1v) is 10.2. The third-order valence-corrected chi connectivity index (χ3v) is 6.07. The highest BCUT2D eigenvalue weighted by atomic mass is 32.1. The van der Waals surface area contributed by atoms with Crippen LogP contribution in [0.2, 0.25) is 0 Å². The van der Waals surface area contributed by atoms with Crippen LogP contribution in [0.3, 0.4) is 0 Å². The molecule has 2 heterocycles. The summed E-state index contributed by atoms with van der Waals surface area (Å²) in [5, 5.41) is 3.05. The van der Waals surface area contributed by atoms with Crippen LogP contribution in [-0.4, -0.2) is 29.2 Å². The van der Waals surface area contributed by atoms with E-state index in [1.54, 1.807) is 11.3 Å². The van der Waals surface area contributed by atoms with E-state index in [1.165, 1.54) is 20.9 Å². The Labute approximate surface area is 159 Å². The average molecular weight is 395 g/mol. The predicted octanol–water partition coefficient (Wildman–Crippen LogP) is 2.67. The Hall–Kier alpha value is -1.61. The van der Waals surface area contributed by atoms with Crippen LogP contribution in [-0.2, 0) is 29.2 Å². The second kappa shape index (κ2) is 8.18. The molecule has 0 aliphatic carbocycles. The van der Waals surface area contributed by atoms with E-state index in [-0.39, 0.29) is 12.4 Å². The van der Waals surface area contributed by atoms with Crippen molar-refractivity contribution in [3.63, 3.8) is 0 Å². The number of aromatic nitrogens is 2. The number of ether oxygens (including phenoxy) is 1. The second-order valence-corrected chi connectivity index (χ2v) is 8.39. The quantitative estimate of drug-likeness (QED) is 0.494. The first-order chi connectivity index (χ1) is 12.1. The van der Waals surface area contributed by atoms with Gasteiger partial charge >= 0.3 is 5.97 Å². The van der Waals surface area contributed by atoms with Crippen molar-refractivity contribution in [3.05, 3.63) is 44.3 Å². The molecule has 8 heteroatoms. The topological polar surface area (TPSA) is 48.6 Å². The maximum Gasteiger partial charge on any atom is 0.311 e. The lowest BCUT2D eigenvalue weighted by molar-refractivity contribution is -0.916. The third kappa shape index (κ3) is 4.52. The van der Waals surface area contributed by atoms with Crippen molar-refractivity contribution in [2.24, 2.45) is 0 Å². The van der Waals surface area contributed by atoms with Crippen LogP contribution in [0.25, 0.3) is 10.2 Å². The summed E-state index contributed by atoms with van der Waals surface area (Å²) in [5.41, 5.74) is 1.96. The molecule has 0 amide bonds. The van der Waals surface area contributed by atoms with Crippen LogP contribution < -0.4 is 4.90 Å². The van der Waals surface area contributed by atoms with Gasteiger partial charge in [0.1, 0.15) is 11.6 Å². The number of hydrogen-bond donors (Lipinski definition) is 1. The monoisotopic (exact) mass is 394 g/mol. The molecule has 5 nitrogen and oxygen atoms in total. The van der Waals surface area contributed by atoms with Crippen LogP contribution >= 0.6 is 34.9 Å². The maximum absolute atomic E-state index is 11.8. The lowest BCUT2D eigenvalue weighted by atomic mass is 10.3. The van der Waals surface area contributed by atoms with Gasteiger partial charge < -0.3 is 9.64 Å². The van der Waals surface area contributed by atoms with E-state index in [9.17, 15) is 4.79 Å². The number of quaternary nitrogens is 1. The van der Waals surface area contributed by atoms with Gasteiger partial charge in [-0.3, -0.25) is 9.36 Å². The fraction of sp³-hybridized carbons (Fsp3) is 0.353. The minimum Gasteiger partial charge on any atom is -0.466 e. The number of nitrogens with zero attached hydrogens (tertiary/aromatic N) is 2. The normalized spacial score (nSPS) is 12.4. The summed E-state index contributed by atoms with van der Waals surface area (Å²) in [6.07, 6.45) is 0.259. The Kier molecular flexibility index (Phi) is 5.95. The van der Waals surface area contributed by atoms with Gasteiger partial charge in [0.2, 0.25) is 0 Å². The highest BCUT2D eigenvalue weighted by Gasteiger charge is 2.15. The third-order valence-electron chi connectivity index (χ3n) is 3.71. The van der Waals surface area contributed by atoms with E-state index in [4.69, 9.17) is 21.9 Å². The van der Waals surface area contributed by atoms with E-state index in [0.717, 1.165) is 26.7 Å². The molecule has 1 unspecified atom stereocenters. The van der Waals surface area contributed by atoms with Crippen molar-refractivity contribution in [3.8, 4) is 0 Å². The zero-order valence-electron chi connectivity index (χ0n) is 14.2. The van der Waals surface area contributed by atoms with Gasteiger partial charge in [0.05, 0.1) is 30.3 Å². The molecule has 0 saturated carbocycles. The van der Waals surface area contributed by atoms with Gasteiger partial charge in [-0.05, 0) is 31.3 Å². The SMILES string of the molecule is CCOC(=O)Cc1csc(=S)n1C[NH+](C)Cc1nc2ccccc2s1. The smallest absolute Gasteiger partial charge is 0.311 e. The standard InChI is InChI=1S/C17H19N3O2S3/c1-3-22-16(21)8-12-10-24-17(23)20(12)11-19(2)9-15-18-13-6-4-5-7-14(13)25-15/h4-7,10H,3,8-9,11H2,1-2H3/p+1. The first kappa shape index (κ1) is 18.2. The molecular weight excluding hydrogens is 374 g/mol. The molecule has 0 aliphatic rings. The van der Waals surface area contributed by atoms with Gasteiger partial charge in [-0.25, -0.2) is 4.98 Å². The van der Waals surface area contributed by atoms with E-state index in [2.05, 4.69) is 13.1 Å². The number of hydrogen-bond acceptors (Lipinski definition) is 6. The van der Waals surface area contributed by atoms with Gasteiger partial charge in [0.15, 0.2) is 10.6 Å². The largest absolute Gasteiger partial charge is 0.466 e. The van der Waals surface area contributed by atoms with Crippen molar-refractivity contribution in [2.45, 2.75) is 26.6 Å². The number of carbonyl (C=O) groups is 1. The van der Waals surface area contributed by atoms with Crippen LogP contribution in [0.1, 0.15) is 17.6 Å². The van der Waals surface area contributed by atoms with E-state index in [1.807, 2.05) is 35.1 Å². The van der Waals surface area contributed by atoms with E-state index < -0.39 is 0 Å². The predicted molar refractivity (Wildman–Crippen MR) is 104 cm³/mol. The van der Waals surface area contributed by atoms with Crippen LogP contribution in [0, 0.1) is 3.95 Å². The fourth-order valence-corrected chi connectivity index (χ4v) is 4.77. The number of benzene rings is 1. The van der Waals surface area contributed by atoms with Crippen LogP contribution in [0.15, 0.2) is 29.6 Å². The summed E-state index contributed by atoms with van der Waals surface area (Å²) in [4.78, 5) is 17.7. The van der Waals surface area contributed by atoms with E-state index >= 15 is 0 Å². The maximum atomic E-state index is 11.8. The van der Waals surface area contributed by atoms with Crippen molar-refractivity contribution in [2.75, 3.05) is 13.7 Å². The molecule has 0 aliphatic heterocycles. The number of esters is 1.